The molecule has 2 aliphatic rings. The van der Waals surface area contributed by atoms with Crippen molar-refractivity contribution in [3.63, 3.8) is 0 Å². The number of carbonyl (C=O) groups excluding carboxylic acids is 3. The average molecular weight is 480 g/mol. The minimum Gasteiger partial charge on any atom is -0.445 e. The Labute approximate surface area is 205 Å². The van der Waals surface area contributed by atoms with Crippen molar-refractivity contribution in [3.8, 4) is 11.1 Å². The van der Waals surface area contributed by atoms with E-state index in [0.717, 1.165) is 23.1 Å². The Balaban J connectivity index is 1.44. The Hall–Kier alpha value is -3.39. The molecule has 2 aromatic carbocycles. The second kappa shape index (κ2) is 10.5. The molecule has 4 rings (SSSR count). The summed E-state index contributed by atoms with van der Waals surface area (Å²) in [5.41, 5.74) is 11.3. The van der Waals surface area contributed by atoms with Crippen LogP contribution in [0.3, 0.4) is 0 Å². The van der Waals surface area contributed by atoms with Crippen LogP contribution in [0, 0.1) is 5.92 Å². The van der Waals surface area contributed by atoms with Gasteiger partial charge in [0.05, 0.1) is 6.10 Å². The summed E-state index contributed by atoms with van der Waals surface area (Å²) in [5, 5.41) is 2.75. The molecule has 3 amide bonds. The first-order valence-electron chi connectivity index (χ1n) is 12.1. The quantitative estimate of drug-likeness (QED) is 0.516. The number of amides is 3. The zero-order chi connectivity index (χ0) is 25.1. The topological polar surface area (TPSA) is 111 Å². The molecule has 4 atom stereocenters. The van der Waals surface area contributed by atoms with Gasteiger partial charge in [-0.1, -0.05) is 62.7 Å². The fourth-order valence-corrected chi connectivity index (χ4v) is 5.01. The van der Waals surface area contributed by atoms with E-state index < -0.39 is 24.1 Å². The molecule has 186 valence electrons. The van der Waals surface area contributed by atoms with Crippen LogP contribution in [0.25, 0.3) is 11.1 Å². The van der Waals surface area contributed by atoms with Gasteiger partial charge in [-0.15, -0.1) is 0 Å². The van der Waals surface area contributed by atoms with Crippen molar-refractivity contribution in [1.82, 2.24) is 10.2 Å². The predicted octanol–water partition coefficient (Wildman–Crippen LogP) is 3.00. The standard InChI is InChI=1S/C27H33N3O5/c1-4-16(2)24(26(32)30-14-19(34-3)13-23(30)25(28)31)29-27(33)35-15-18-9-7-11-21-20-10-6-5-8-17(20)12-22(18)21/h5-11,16,19,23-24H,4,12-15H2,1-3H3,(H2,28,31)(H,29,33)/t16-,19+,23-,24-/m0/s1. The lowest BCUT2D eigenvalue weighted by molar-refractivity contribution is -0.140. The first kappa shape index (κ1) is 24.7. The molecule has 1 aliphatic carbocycles. The van der Waals surface area contributed by atoms with Crippen LogP contribution in [0.2, 0.25) is 0 Å². The number of hydrogen-bond acceptors (Lipinski definition) is 5. The van der Waals surface area contributed by atoms with Gasteiger partial charge in [-0.2, -0.15) is 0 Å². The number of nitrogens with zero attached hydrogens (tertiary/aromatic N) is 1. The number of likely N-dealkylation sites (tertiary alicyclic amines) is 1. The third kappa shape index (κ3) is 5.03. The molecular formula is C27H33N3O5. The number of alkyl carbamates (subject to hydrolysis) is 1. The maximum atomic E-state index is 13.4. The summed E-state index contributed by atoms with van der Waals surface area (Å²) in [6.07, 6.45) is 0.853. The molecule has 1 fully saturated rings. The molecule has 1 heterocycles. The van der Waals surface area contributed by atoms with E-state index in [1.54, 1.807) is 0 Å². The van der Waals surface area contributed by atoms with Gasteiger partial charge in [0.2, 0.25) is 11.8 Å². The van der Waals surface area contributed by atoms with Gasteiger partial charge in [-0.3, -0.25) is 9.59 Å². The van der Waals surface area contributed by atoms with Crippen LogP contribution in [0.15, 0.2) is 42.5 Å². The third-order valence-electron chi connectivity index (χ3n) is 7.27. The average Bonchev–Trinajstić information content (AvgIpc) is 3.47. The molecule has 1 aliphatic heterocycles. The number of fused-ring (bicyclic) bond motifs is 3. The molecule has 0 unspecified atom stereocenters. The molecule has 8 nitrogen and oxygen atoms in total. The minimum atomic E-state index is -0.837. The predicted molar refractivity (Wildman–Crippen MR) is 131 cm³/mol. The van der Waals surface area contributed by atoms with E-state index >= 15 is 0 Å². The zero-order valence-electron chi connectivity index (χ0n) is 20.5. The first-order valence-corrected chi connectivity index (χ1v) is 12.1. The second-order valence-electron chi connectivity index (χ2n) is 9.36. The van der Waals surface area contributed by atoms with E-state index in [-0.39, 0.29) is 31.1 Å². The van der Waals surface area contributed by atoms with Crippen molar-refractivity contribution in [2.24, 2.45) is 11.7 Å². The lowest BCUT2D eigenvalue weighted by atomic mass is 9.97. The molecule has 3 N–H and O–H groups in total. The molecule has 0 saturated carbocycles. The third-order valence-corrected chi connectivity index (χ3v) is 7.27. The normalized spacial score (nSPS) is 20.0. The van der Waals surface area contributed by atoms with E-state index in [1.807, 2.05) is 38.1 Å². The summed E-state index contributed by atoms with van der Waals surface area (Å²) in [6.45, 7) is 4.18. The van der Waals surface area contributed by atoms with Crippen molar-refractivity contribution < 1.29 is 23.9 Å². The Morgan fingerprint density at radius 1 is 1.14 bits per heavy atom. The molecule has 0 aromatic heterocycles. The summed E-state index contributed by atoms with van der Waals surface area (Å²) >= 11 is 0. The number of benzene rings is 2. The fraction of sp³-hybridized carbons (Fsp3) is 0.444. The lowest BCUT2D eigenvalue weighted by Gasteiger charge is -2.30. The van der Waals surface area contributed by atoms with Crippen molar-refractivity contribution in [2.45, 2.75) is 57.9 Å². The van der Waals surface area contributed by atoms with Crippen LogP contribution in [0.4, 0.5) is 4.79 Å². The number of rotatable bonds is 8. The number of nitrogens with one attached hydrogen (secondary N) is 1. The number of carbonyl (C=O) groups is 3. The van der Waals surface area contributed by atoms with E-state index in [0.29, 0.717) is 12.8 Å². The summed E-state index contributed by atoms with van der Waals surface area (Å²) in [7, 11) is 1.54. The van der Waals surface area contributed by atoms with Gasteiger partial charge in [0.25, 0.3) is 0 Å². The van der Waals surface area contributed by atoms with Crippen molar-refractivity contribution in [2.75, 3.05) is 13.7 Å². The monoisotopic (exact) mass is 479 g/mol. The maximum absolute atomic E-state index is 13.4. The number of hydrogen-bond donors (Lipinski definition) is 2. The summed E-state index contributed by atoms with van der Waals surface area (Å²) in [6, 6.07) is 12.7. The lowest BCUT2D eigenvalue weighted by Crippen LogP contribution is -2.55. The van der Waals surface area contributed by atoms with Gasteiger partial charge in [0.15, 0.2) is 0 Å². The van der Waals surface area contributed by atoms with Crippen LogP contribution in [0.5, 0.6) is 0 Å². The highest BCUT2D eigenvalue weighted by Crippen LogP contribution is 2.38. The van der Waals surface area contributed by atoms with Crippen molar-refractivity contribution in [3.05, 3.63) is 59.2 Å². The number of ether oxygens (including phenoxy) is 2. The highest BCUT2D eigenvalue weighted by molar-refractivity contribution is 5.91. The van der Waals surface area contributed by atoms with E-state index in [9.17, 15) is 14.4 Å². The maximum Gasteiger partial charge on any atom is 0.408 e. The van der Waals surface area contributed by atoms with Gasteiger partial charge in [-0.25, -0.2) is 4.79 Å². The molecule has 0 bridgehead atoms. The van der Waals surface area contributed by atoms with Crippen LogP contribution < -0.4 is 11.1 Å². The van der Waals surface area contributed by atoms with Gasteiger partial charge < -0.3 is 25.4 Å². The van der Waals surface area contributed by atoms with Crippen molar-refractivity contribution in [1.29, 1.82) is 0 Å². The SMILES string of the molecule is CC[C@H](C)[C@H](NC(=O)OCc1cccc2c1Cc1ccccc1-2)C(=O)N1C[C@H](OC)C[C@H]1C(N)=O. The minimum absolute atomic E-state index is 0.101. The van der Waals surface area contributed by atoms with E-state index in [2.05, 4.69) is 23.5 Å². The van der Waals surface area contributed by atoms with Gasteiger partial charge in [0.1, 0.15) is 18.7 Å². The zero-order valence-corrected chi connectivity index (χ0v) is 20.5. The summed E-state index contributed by atoms with van der Waals surface area (Å²) in [4.78, 5) is 39.6. The smallest absolute Gasteiger partial charge is 0.408 e. The number of nitrogens with two attached hydrogens (primary N) is 1. The molecule has 0 radical (unpaired) electrons. The molecule has 1 saturated heterocycles. The number of methoxy groups -OCH3 is 1. The van der Waals surface area contributed by atoms with Crippen LogP contribution >= 0.6 is 0 Å². The fourth-order valence-electron chi connectivity index (χ4n) is 5.01. The molecule has 2 aromatic rings. The Morgan fingerprint density at radius 2 is 1.89 bits per heavy atom. The van der Waals surface area contributed by atoms with Gasteiger partial charge in [-0.05, 0) is 40.2 Å². The Morgan fingerprint density at radius 3 is 2.60 bits per heavy atom. The van der Waals surface area contributed by atoms with Crippen LogP contribution in [-0.2, 0) is 32.1 Å². The van der Waals surface area contributed by atoms with E-state index in [1.165, 1.54) is 23.1 Å². The van der Waals surface area contributed by atoms with E-state index in [4.69, 9.17) is 15.2 Å². The Kier molecular flexibility index (Phi) is 7.40. The molecule has 35 heavy (non-hydrogen) atoms. The van der Waals surface area contributed by atoms with Gasteiger partial charge in [0, 0.05) is 20.1 Å². The summed E-state index contributed by atoms with van der Waals surface area (Å²) < 4.78 is 10.9. The first-order chi connectivity index (χ1) is 16.8. The molecule has 8 heteroatoms. The van der Waals surface area contributed by atoms with Crippen LogP contribution in [-0.4, -0.2) is 54.6 Å². The molecule has 0 spiro atoms. The highest BCUT2D eigenvalue weighted by atomic mass is 16.5. The second-order valence-corrected chi connectivity index (χ2v) is 9.36. The summed E-state index contributed by atoms with van der Waals surface area (Å²) in [5.74, 6) is -1.10. The largest absolute Gasteiger partial charge is 0.445 e. The highest BCUT2D eigenvalue weighted by Gasteiger charge is 2.42. The van der Waals surface area contributed by atoms with Crippen LogP contribution in [0.1, 0.15) is 43.4 Å². The molecular weight excluding hydrogens is 446 g/mol. The van der Waals surface area contributed by atoms with Gasteiger partial charge >= 0.3 is 6.09 Å². The number of primary amides is 1. The van der Waals surface area contributed by atoms with Crippen molar-refractivity contribution >= 4 is 17.9 Å². The Bertz CT molecular complexity index is 1120.